The van der Waals surface area contributed by atoms with Gasteiger partial charge in [0, 0.05) is 12.1 Å². The van der Waals surface area contributed by atoms with Crippen molar-refractivity contribution in [3.8, 4) is 5.75 Å². The van der Waals surface area contributed by atoms with E-state index in [0.29, 0.717) is 6.61 Å². The highest BCUT2D eigenvalue weighted by atomic mass is 35.5. The summed E-state index contributed by atoms with van der Waals surface area (Å²) in [5.74, 6) is 0.651. The van der Waals surface area contributed by atoms with Gasteiger partial charge < -0.3 is 10.1 Å². The van der Waals surface area contributed by atoms with Crippen LogP contribution in [-0.2, 0) is 13.2 Å². The van der Waals surface area contributed by atoms with Crippen LogP contribution in [0.1, 0.15) is 24.5 Å². The van der Waals surface area contributed by atoms with Gasteiger partial charge in [-0.2, -0.15) is 0 Å². The quantitative estimate of drug-likeness (QED) is 0.769. The van der Waals surface area contributed by atoms with Crippen molar-refractivity contribution in [2.24, 2.45) is 0 Å². The van der Waals surface area contributed by atoms with Crippen molar-refractivity contribution in [2.75, 3.05) is 6.54 Å². The van der Waals surface area contributed by atoms with E-state index in [-0.39, 0.29) is 18.2 Å². The van der Waals surface area contributed by atoms with Gasteiger partial charge in [0.2, 0.25) is 0 Å². The van der Waals surface area contributed by atoms with Crippen molar-refractivity contribution >= 4 is 12.4 Å². The van der Waals surface area contributed by atoms with Crippen molar-refractivity contribution in [1.82, 2.24) is 5.32 Å². The maximum atomic E-state index is 12.8. The van der Waals surface area contributed by atoms with Crippen LogP contribution in [0.5, 0.6) is 5.75 Å². The largest absolute Gasteiger partial charge is 0.489 e. The van der Waals surface area contributed by atoms with Crippen LogP contribution in [0.3, 0.4) is 0 Å². The molecule has 21 heavy (non-hydrogen) atoms. The van der Waals surface area contributed by atoms with Crippen LogP contribution in [-0.4, -0.2) is 6.54 Å². The van der Waals surface area contributed by atoms with E-state index in [1.165, 1.54) is 12.1 Å². The minimum absolute atomic E-state index is 0. The van der Waals surface area contributed by atoms with E-state index in [1.54, 1.807) is 12.1 Å². The lowest BCUT2D eigenvalue weighted by atomic mass is 10.2. The Morgan fingerprint density at radius 1 is 1.05 bits per heavy atom. The SMILES string of the molecule is CCCNCc1ccccc1OCc1ccc(F)cc1.Cl. The molecule has 0 aromatic heterocycles. The molecule has 0 atom stereocenters. The second-order valence-electron chi connectivity index (χ2n) is 4.70. The Bertz CT molecular complexity index is 531. The lowest BCUT2D eigenvalue weighted by molar-refractivity contribution is 0.302. The molecule has 0 fully saturated rings. The highest BCUT2D eigenvalue weighted by Crippen LogP contribution is 2.19. The van der Waals surface area contributed by atoms with Crippen LogP contribution < -0.4 is 10.1 Å². The van der Waals surface area contributed by atoms with Gasteiger partial charge in [-0.05, 0) is 36.7 Å². The van der Waals surface area contributed by atoms with E-state index in [1.807, 2.05) is 18.2 Å². The molecule has 0 heterocycles. The molecule has 2 rings (SSSR count). The van der Waals surface area contributed by atoms with Crippen LogP contribution in [0.25, 0.3) is 0 Å². The average Bonchev–Trinajstić information content (AvgIpc) is 2.48. The number of benzene rings is 2. The van der Waals surface area contributed by atoms with Gasteiger partial charge in [0.15, 0.2) is 0 Å². The molecule has 2 aromatic rings. The number of halogens is 2. The molecule has 0 aliphatic carbocycles. The molecule has 2 nitrogen and oxygen atoms in total. The Hall–Kier alpha value is -1.58. The first-order valence-electron chi connectivity index (χ1n) is 6.95. The summed E-state index contributed by atoms with van der Waals surface area (Å²) in [5.41, 5.74) is 2.10. The molecule has 0 saturated heterocycles. The fourth-order valence-electron chi connectivity index (χ4n) is 1.93. The Balaban J connectivity index is 0.00000220. The summed E-state index contributed by atoms with van der Waals surface area (Å²) >= 11 is 0. The third-order valence-electron chi connectivity index (χ3n) is 3.02. The van der Waals surface area contributed by atoms with Gasteiger partial charge in [-0.25, -0.2) is 4.39 Å². The van der Waals surface area contributed by atoms with E-state index in [9.17, 15) is 4.39 Å². The Morgan fingerprint density at radius 3 is 2.48 bits per heavy atom. The molecule has 0 aliphatic rings. The van der Waals surface area contributed by atoms with Crippen molar-refractivity contribution in [3.63, 3.8) is 0 Å². The zero-order chi connectivity index (χ0) is 14.2. The van der Waals surface area contributed by atoms with Gasteiger partial charge in [-0.1, -0.05) is 37.3 Å². The molecule has 0 radical (unpaired) electrons. The maximum Gasteiger partial charge on any atom is 0.124 e. The molecule has 0 spiro atoms. The first-order valence-corrected chi connectivity index (χ1v) is 6.95. The molecule has 1 N–H and O–H groups in total. The fourth-order valence-corrected chi connectivity index (χ4v) is 1.93. The highest BCUT2D eigenvalue weighted by molar-refractivity contribution is 5.85. The molecule has 0 amide bonds. The number of hydrogen-bond acceptors (Lipinski definition) is 2. The lowest BCUT2D eigenvalue weighted by Gasteiger charge is -2.12. The molecule has 0 aliphatic heterocycles. The predicted molar refractivity (Wildman–Crippen MR) is 86.4 cm³/mol. The van der Waals surface area contributed by atoms with E-state index in [0.717, 1.165) is 36.4 Å². The predicted octanol–water partition coefficient (Wildman–Crippen LogP) is 4.33. The van der Waals surface area contributed by atoms with E-state index in [4.69, 9.17) is 4.74 Å². The van der Waals surface area contributed by atoms with E-state index >= 15 is 0 Å². The summed E-state index contributed by atoms with van der Waals surface area (Å²) < 4.78 is 18.7. The lowest BCUT2D eigenvalue weighted by Crippen LogP contribution is -2.14. The van der Waals surface area contributed by atoms with Crippen molar-refractivity contribution < 1.29 is 9.13 Å². The minimum atomic E-state index is -0.224. The van der Waals surface area contributed by atoms with Gasteiger partial charge in [-0.15, -0.1) is 12.4 Å². The number of nitrogens with one attached hydrogen (secondary N) is 1. The van der Waals surface area contributed by atoms with Gasteiger partial charge in [0.25, 0.3) is 0 Å². The smallest absolute Gasteiger partial charge is 0.124 e. The number of para-hydroxylation sites is 1. The summed E-state index contributed by atoms with van der Waals surface area (Å²) in [5, 5.41) is 3.37. The third-order valence-corrected chi connectivity index (χ3v) is 3.02. The molecular formula is C17H21ClFNO. The molecule has 0 bridgehead atoms. The highest BCUT2D eigenvalue weighted by Gasteiger charge is 2.03. The van der Waals surface area contributed by atoms with Gasteiger partial charge in [0.05, 0.1) is 0 Å². The maximum absolute atomic E-state index is 12.8. The van der Waals surface area contributed by atoms with Crippen LogP contribution in [0.4, 0.5) is 4.39 Å². The normalized spacial score (nSPS) is 10.0. The molecular weight excluding hydrogens is 289 g/mol. The summed E-state index contributed by atoms with van der Waals surface area (Å²) in [7, 11) is 0. The van der Waals surface area contributed by atoms with Crippen molar-refractivity contribution in [2.45, 2.75) is 26.5 Å². The summed E-state index contributed by atoms with van der Waals surface area (Å²) in [6, 6.07) is 14.4. The van der Waals surface area contributed by atoms with Gasteiger partial charge in [-0.3, -0.25) is 0 Å². The summed E-state index contributed by atoms with van der Waals surface area (Å²) in [4.78, 5) is 0. The standard InChI is InChI=1S/C17H20FNO.ClH/c1-2-11-19-12-15-5-3-4-6-17(15)20-13-14-7-9-16(18)10-8-14;/h3-10,19H,2,11-13H2,1H3;1H. The molecule has 0 saturated carbocycles. The first kappa shape index (κ1) is 17.5. The average molecular weight is 310 g/mol. The van der Waals surface area contributed by atoms with Crippen LogP contribution in [0, 0.1) is 5.82 Å². The van der Waals surface area contributed by atoms with E-state index < -0.39 is 0 Å². The number of rotatable bonds is 7. The van der Waals surface area contributed by atoms with Crippen LogP contribution >= 0.6 is 12.4 Å². The third kappa shape index (κ3) is 5.74. The van der Waals surface area contributed by atoms with Gasteiger partial charge in [0.1, 0.15) is 18.2 Å². The topological polar surface area (TPSA) is 21.3 Å². The van der Waals surface area contributed by atoms with Crippen LogP contribution in [0.15, 0.2) is 48.5 Å². The zero-order valence-electron chi connectivity index (χ0n) is 12.1. The van der Waals surface area contributed by atoms with Crippen LogP contribution in [0.2, 0.25) is 0 Å². The first-order chi connectivity index (χ1) is 9.79. The summed E-state index contributed by atoms with van der Waals surface area (Å²) in [6.07, 6.45) is 1.11. The van der Waals surface area contributed by atoms with E-state index in [2.05, 4.69) is 18.3 Å². The number of hydrogen-bond donors (Lipinski definition) is 1. The Morgan fingerprint density at radius 2 is 1.76 bits per heavy atom. The monoisotopic (exact) mass is 309 g/mol. The van der Waals surface area contributed by atoms with Crippen molar-refractivity contribution in [3.05, 3.63) is 65.5 Å². The molecule has 0 unspecified atom stereocenters. The Kier molecular flexibility index (Phi) is 7.80. The number of ether oxygens (including phenoxy) is 1. The second kappa shape index (κ2) is 9.37. The fraction of sp³-hybridized carbons (Fsp3) is 0.294. The minimum Gasteiger partial charge on any atom is -0.489 e. The molecule has 4 heteroatoms. The molecule has 2 aromatic carbocycles. The zero-order valence-corrected chi connectivity index (χ0v) is 13.0. The second-order valence-corrected chi connectivity index (χ2v) is 4.70. The molecule has 114 valence electrons. The van der Waals surface area contributed by atoms with Crippen molar-refractivity contribution in [1.29, 1.82) is 0 Å². The summed E-state index contributed by atoms with van der Waals surface area (Å²) in [6.45, 7) is 4.38. The van der Waals surface area contributed by atoms with Gasteiger partial charge >= 0.3 is 0 Å². The Labute approximate surface area is 131 Å².